The maximum atomic E-state index is 11.9. The van der Waals surface area contributed by atoms with E-state index in [9.17, 15) is 4.79 Å². The number of rotatable bonds is 5. The van der Waals surface area contributed by atoms with Crippen LogP contribution in [-0.2, 0) is 11.2 Å². The van der Waals surface area contributed by atoms with Crippen LogP contribution >= 0.6 is 0 Å². The van der Waals surface area contributed by atoms with Crippen molar-refractivity contribution in [3.63, 3.8) is 0 Å². The summed E-state index contributed by atoms with van der Waals surface area (Å²) in [7, 11) is 0. The molecule has 1 aliphatic rings. The summed E-state index contributed by atoms with van der Waals surface area (Å²) in [5, 5.41) is 3.05. The second-order valence-electron chi connectivity index (χ2n) is 5.72. The predicted octanol–water partition coefficient (Wildman–Crippen LogP) is 2.53. The van der Waals surface area contributed by atoms with E-state index in [1.165, 1.54) is 36.8 Å². The molecule has 0 atom stereocenters. The highest BCUT2D eigenvalue weighted by Gasteiger charge is 2.12. The fourth-order valence-electron chi connectivity index (χ4n) is 2.78. The highest BCUT2D eigenvalue weighted by molar-refractivity contribution is 5.78. The van der Waals surface area contributed by atoms with Gasteiger partial charge in [0.05, 0.1) is 6.54 Å². The largest absolute Gasteiger partial charge is 0.355 e. The summed E-state index contributed by atoms with van der Waals surface area (Å²) < 4.78 is 0. The Morgan fingerprint density at radius 1 is 1.15 bits per heavy atom. The van der Waals surface area contributed by atoms with Crippen molar-refractivity contribution in [1.82, 2.24) is 10.2 Å². The van der Waals surface area contributed by atoms with Crippen LogP contribution in [0.2, 0.25) is 0 Å². The van der Waals surface area contributed by atoms with Crippen LogP contribution < -0.4 is 5.32 Å². The zero-order valence-electron chi connectivity index (χ0n) is 12.5. The molecule has 20 heavy (non-hydrogen) atoms. The molecule has 0 aromatic heterocycles. The fraction of sp³-hybridized carbons (Fsp3) is 0.588. The topological polar surface area (TPSA) is 32.3 Å². The third-order valence-corrected chi connectivity index (χ3v) is 4.04. The summed E-state index contributed by atoms with van der Waals surface area (Å²) in [5.41, 5.74) is 2.62. The van der Waals surface area contributed by atoms with Gasteiger partial charge >= 0.3 is 0 Å². The maximum Gasteiger partial charge on any atom is 0.234 e. The average Bonchev–Trinajstić information content (AvgIpc) is 2.69. The quantitative estimate of drug-likeness (QED) is 0.895. The molecule has 0 aliphatic carbocycles. The van der Waals surface area contributed by atoms with E-state index in [0.29, 0.717) is 6.54 Å². The Bertz CT molecular complexity index is 423. The normalized spacial score (nSPS) is 16.6. The predicted molar refractivity (Wildman–Crippen MR) is 82.8 cm³/mol. The van der Waals surface area contributed by atoms with Gasteiger partial charge in [-0.15, -0.1) is 0 Å². The lowest BCUT2D eigenvalue weighted by atomic mass is 10.1. The fourth-order valence-corrected chi connectivity index (χ4v) is 2.78. The molecular weight excluding hydrogens is 248 g/mol. The minimum Gasteiger partial charge on any atom is -0.355 e. The number of carbonyl (C=O) groups is 1. The molecule has 1 fully saturated rings. The number of nitrogens with one attached hydrogen (secondary N) is 1. The van der Waals surface area contributed by atoms with Crippen molar-refractivity contribution in [2.75, 3.05) is 26.2 Å². The molecule has 1 aromatic rings. The van der Waals surface area contributed by atoms with Gasteiger partial charge in [-0.05, 0) is 50.4 Å². The van der Waals surface area contributed by atoms with Gasteiger partial charge in [-0.2, -0.15) is 0 Å². The SMILES string of the molecule is Cc1ccccc1CCNC(=O)CN1CCCCCC1. The van der Waals surface area contributed by atoms with Gasteiger partial charge in [0.25, 0.3) is 0 Å². The second-order valence-corrected chi connectivity index (χ2v) is 5.72. The highest BCUT2D eigenvalue weighted by atomic mass is 16.2. The van der Waals surface area contributed by atoms with E-state index in [0.717, 1.165) is 26.1 Å². The van der Waals surface area contributed by atoms with Crippen LogP contribution in [-0.4, -0.2) is 37.0 Å². The van der Waals surface area contributed by atoms with E-state index >= 15 is 0 Å². The second kappa shape index (κ2) is 8.05. The Morgan fingerprint density at radius 3 is 2.55 bits per heavy atom. The lowest BCUT2D eigenvalue weighted by molar-refractivity contribution is -0.122. The van der Waals surface area contributed by atoms with Gasteiger partial charge in [-0.25, -0.2) is 0 Å². The molecule has 1 saturated heterocycles. The lowest BCUT2D eigenvalue weighted by Gasteiger charge is -2.19. The first-order chi connectivity index (χ1) is 9.75. The van der Waals surface area contributed by atoms with Gasteiger partial charge in [-0.1, -0.05) is 37.1 Å². The van der Waals surface area contributed by atoms with Gasteiger partial charge in [0, 0.05) is 6.54 Å². The summed E-state index contributed by atoms with van der Waals surface area (Å²) in [4.78, 5) is 14.2. The Labute approximate surface area is 122 Å². The van der Waals surface area contributed by atoms with E-state index in [1.54, 1.807) is 0 Å². The summed E-state index contributed by atoms with van der Waals surface area (Å²) in [6, 6.07) is 8.36. The average molecular weight is 274 g/mol. The summed E-state index contributed by atoms with van der Waals surface area (Å²) in [5.74, 6) is 0.167. The molecule has 3 heteroatoms. The van der Waals surface area contributed by atoms with Crippen molar-refractivity contribution < 1.29 is 4.79 Å². The third-order valence-electron chi connectivity index (χ3n) is 4.04. The van der Waals surface area contributed by atoms with Crippen molar-refractivity contribution in [1.29, 1.82) is 0 Å². The van der Waals surface area contributed by atoms with Crippen molar-refractivity contribution in [2.45, 2.75) is 39.0 Å². The van der Waals surface area contributed by atoms with Gasteiger partial charge in [0.1, 0.15) is 0 Å². The number of amides is 1. The van der Waals surface area contributed by atoms with Crippen LogP contribution in [0.15, 0.2) is 24.3 Å². The first kappa shape index (κ1) is 15.0. The number of likely N-dealkylation sites (tertiary alicyclic amines) is 1. The first-order valence-corrected chi connectivity index (χ1v) is 7.79. The monoisotopic (exact) mass is 274 g/mol. The zero-order valence-corrected chi connectivity index (χ0v) is 12.5. The highest BCUT2D eigenvalue weighted by Crippen LogP contribution is 2.09. The van der Waals surface area contributed by atoms with Crippen LogP contribution in [0, 0.1) is 6.92 Å². The lowest BCUT2D eigenvalue weighted by Crippen LogP contribution is -2.38. The summed E-state index contributed by atoms with van der Waals surface area (Å²) >= 11 is 0. The van der Waals surface area contributed by atoms with E-state index in [1.807, 2.05) is 0 Å². The number of aryl methyl sites for hydroxylation is 1. The minimum absolute atomic E-state index is 0.167. The number of benzene rings is 1. The Hall–Kier alpha value is -1.35. The Morgan fingerprint density at radius 2 is 1.85 bits per heavy atom. The van der Waals surface area contributed by atoms with Gasteiger partial charge in [0.15, 0.2) is 0 Å². The van der Waals surface area contributed by atoms with Crippen LogP contribution in [0.1, 0.15) is 36.8 Å². The van der Waals surface area contributed by atoms with Gasteiger partial charge < -0.3 is 5.32 Å². The van der Waals surface area contributed by atoms with Crippen molar-refractivity contribution in [3.05, 3.63) is 35.4 Å². The Balaban J connectivity index is 1.68. The van der Waals surface area contributed by atoms with Crippen molar-refractivity contribution in [2.24, 2.45) is 0 Å². The molecule has 1 N–H and O–H groups in total. The molecule has 110 valence electrons. The molecule has 1 aliphatic heterocycles. The summed E-state index contributed by atoms with van der Waals surface area (Å²) in [6.07, 6.45) is 6.00. The van der Waals surface area contributed by atoms with Gasteiger partial charge in [0.2, 0.25) is 5.91 Å². The van der Waals surface area contributed by atoms with E-state index in [-0.39, 0.29) is 5.91 Å². The molecule has 0 unspecified atom stereocenters. The Kier molecular flexibility index (Phi) is 6.06. The number of nitrogens with zero attached hydrogens (tertiary/aromatic N) is 1. The van der Waals surface area contributed by atoms with Crippen LogP contribution in [0.3, 0.4) is 0 Å². The molecule has 0 spiro atoms. The minimum atomic E-state index is 0.167. The molecule has 1 amide bonds. The molecule has 1 heterocycles. The van der Waals surface area contributed by atoms with E-state index < -0.39 is 0 Å². The number of hydrogen-bond donors (Lipinski definition) is 1. The van der Waals surface area contributed by atoms with Crippen LogP contribution in [0.25, 0.3) is 0 Å². The van der Waals surface area contributed by atoms with Crippen molar-refractivity contribution in [3.8, 4) is 0 Å². The van der Waals surface area contributed by atoms with Crippen molar-refractivity contribution >= 4 is 5.91 Å². The van der Waals surface area contributed by atoms with Crippen LogP contribution in [0.4, 0.5) is 0 Å². The van der Waals surface area contributed by atoms with E-state index in [2.05, 4.69) is 41.4 Å². The maximum absolute atomic E-state index is 11.9. The molecule has 3 nitrogen and oxygen atoms in total. The molecule has 2 rings (SSSR count). The van der Waals surface area contributed by atoms with Crippen LogP contribution in [0.5, 0.6) is 0 Å². The zero-order chi connectivity index (χ0) is 14.2. The number of carbonyl (C=O) groups excluding carboxylic acids is 1. The molecule has 0 bridgehead atoms. The van der Waals surface area contributed by atoms with E-state index in [4.69, 9.17) is 0 Å². The number of hydrogen-bond acceptors (Lipinski definition) is 2. The summed E-state index contributed by atoms with van der Waals surface area (Å²) in [6.45, 7) is 5.57. The molecule has 0 radical (unpaired) electrons. The van der Waals surface area contributed by atoms with Gasteiger partial charge in [-0.3, -0.25) is 9.69 Å². The molecular formula is C17H26N2O. The smallest absolute Gasteiger partial charge is 0.234 e. The first-order valence-electron chi connectivity index (χ1n) is 7.79. The molecule has 0 saturated carbocycles. The standard InChI is InChI=1S/C17H26N2O/c1-15-8-4-5-9-16(15)10-11-18-17(20)14-19-12-6-2-3-7-13-19/h4-5,8-9H,2-3,6-7,10-14H2,1H3,(H,18,20). The molecule has 1 aromatic carbocycles. The third kappa shape index (κ3) is 4.97.